The molecule has 0 aliphatic carbocycles. The molecule has 2 aromatic carbocycles. The van der Waals surface area contributed by atoms with E-state index in [1.165, 1.54) is 20.1 Å². The third kappa shape index (κ3) is 4.44. The molecule has 118 valence electrons. The summed E-state index contributed by atoms with van der Waals surface area (Å²) in [6.07, 6.45) is 1.53. The topological polar surface area (TPSA) is 55.4 Å². The molecular weight excluding hydrogens is 314 g/mol. The van der Waals surface area contributed by atoms with Crippen LogP contribution in [0.2, 0.25) is 5.02 Å². The summed E-state index contributed by atoms with van der Waals surface area (Å²) in [6.45, 7) is 1.35. The van der Waals surface area contributed by atoms with Gasteiger partial charge < -0.3 is 10.1 Å². The van der Waals surface area contributed by atoms with Crippen LogP contribution in [0.15, 0.2) is 54.1 Å². The molecule has 0 atom stereocenters. The first-order valence-corrected chi connectivity index (χ1v) is 7.31. The predicted octanol–water partition coefficient (Wildman–Crippen LogP) is 3.96. The summed E-state index contributed by atoms with van der Waals surface area (Å²) in [5.41, 5.74) is 1.27. The van der Waals surface area contributed by atoms with Gasteiger partial charge in [0.25, 0.3) is 5.91 Å². The van der Waals surface area contributed by atoms with Crippen molar-refractivity contribution in [2.45, 2.75) is 6.92 Å². The molecule has 2 aromatic rings. The molecule has 0 radical (unpaired) electrons. The molecule has 4 nitrogen and oxygen atoms in total. The van der Waals surface area contributed by atoms with E-state index < -0.39 is 5.91 Å². The second kappa shape index (κ2) is 7.61. The summed E-state index contributed by atoms with van der Waals surface area (Å²) in [7, 11) is 1.51. The fourth-order valence-corrected chi connectivity index (χ4v) is 2.12. The Kier molecular flexibility index (Phi) is 5.55. The monoisotopic (exact) mass is 329 g/mol. The lowest BCUT2D eigenvalue weighted by molar-refractivity contribution is -0.118. The van der Waals surface area contributed by atoms with Crippen LogP contribution < -0.4 is 10.1 Å². The van der Waals surface area contributed by atoms with Gasteiger partial charge in [0.2, 0.25) is 0 Å². The molecule has 1 N–H and O–H groups in total. The Labute approximate surface area is 139 Å². The Morgan fingerprint density at radius 3 is 2.35 bits per heavy atom. The first-order chi connectivity index (χ1) is 11.0. The number of carbonyl (C=O) groups is 2. The molecular formula is C18H16ClNO3. The standard InChI is InChI=1S/C18H16ClNO3/c1-12(21)15(11-13-7-9-14(19)10-8-13)18(22)20-16-5-3-4-6-17(16)23-2/h3-11H,1-2H3,(H,20,22). The van der Waals surface area contributed by atoms with E-state index in [4.69, 9.17) is 16.3 Å². The highest BCUT2D eigenvalue weighted by Gasteiger charge is 2.16. The molecule has 0 saturated carbocycles. The summed E-state index contributed by atoms with van der Waals surface area (Å²) < 4.78 is 5.18. The summed E-state index contributed by atoms with van der Waals surface area (Å²) in [5, 5.41) is 3.28. The van der Waals surface area contributed by atoms with E-state index in [9.17, 15) is 9.59 Å². The highest BCUT2D eigenvalue weighted by atomic mass is 35.5. The highest BCUT2D eigenvalue weighted by Crippen LogP contribution is 2.24. The average molecular weight is 330 g/mol. The third-order valence-corrected chi connectivity index (χ3v) is 3.41. The van der Waals surface area contributed by atoms with E-state index in [0.717, 1.165) is 5.56 Å². The van der Waals surface area contributed by atoms with E-state index >= 15 is 0 Å². The maximum Gasteiger partial charge on any atom is 0.259 e. The van der Waals surface area contributed by atoms with Crippen molar-refractivity contribution >= 4 is 35.1 Å². The van der Waals surface area contributed by atoms with Crippen LogP contribution in [0.5, 0.6) is 5.75 Å². The number of ether oxygens (including phenoxy) is 1. The molecule has 0 aromatic heterocycles. The van der Waals surface area contributed by atoms with Crippen LogP contribution in [0.4, 0.5) is 5.69 Å². The number of hydrogen-bond donors (Lipinski definition) is 1. The van der Waals surface area contributed by atoms with Gasteiger partial charge in [0, 0.05) is 5.02 Å². The van der Waals surface area contributed by atoms with Gasteiger partial charge >= 0.3 is 0 Å². The maximum absolute atomic E-state index is 12.4. The lowest BCUT2D eigenvalue weighted by Gasteiger charge is -2.10. The van der Waals surface area contributed by atoms with Crippen LogP contribution in [-0.2, 0) is 9.59 Å². The molecule has 0 aliphatic rings. The smallest absolute Gasteiger partial charge is 0.259 e. The largest absolute Gasteiger partial charge is 0.495 e. The van der Waals surface area contributed by atoms with E-state index in [1.54, 1.807) is 48.5 Å². The van der Waals surface area contributed by atoms with Gasteiger partial charge in [-0.15, -0.1) is 0 Å². The number of halogens is 1. The van der Waals surface area contributed by atoms with Gasteiger partial charge in [-0.05, 0) is 42.8 Å². The number of amides is 1. The van der Waals surface area contributed by atoms with Gasteiger partial charge in [-0.2, -0.15) is 0 Å². The fraction of sp³-hybridized carbons (Fsp3) is 0.111. The molecule has 23 heavy (non-hydrogen) atoms. The first kappa shape index (κ1) is 16.8. The summed E-state index contributed by atoms with van der Waals surface area (Å²) in [4.78, 5) is 24.2. The number of nitrogens with one attached hydrogen (secondary N) is 1. The predicted molar refractivity (Wildman–Crippen MR) is 91.7 cm³/mol. The molecule has 0 heterocycles. The Morgan fingerprint density at radius 2 is 1.74 bits per heavy atom. The van der Waals surface area contributed by atoms with E-state index in [2.05, 4.69) is 5.32 Å². The van der Waals surface area contributed by atoms with E-state index in [0.29, 0.717) is 16.5 Å². The second-order valence-electron chi connectivity index (χ2n) is 4.82. The number of para-hydroxylation sites is 2. The van der Waals surface area contributed by atoms with Crippen LogP contribution >= 0.6 is 11.6 Å². The minimum Gasteiger partial charge on any atom is -0.495 e. The Balaban J connectivity index is 2.29. The van der Waals surface area contributed by atoms with Gasteiger partial charge in [0.05, 0.1) is 18.4 Å². The van der Waals surface area contributed by atoms with Crippen molar-refractivity contribution in [3.05, 3.63) is 64.7 Å². The molecule has 1 amide bonds. The van der Waals surface area contributed by atoms with Gasteiger partial charge in [0.15, 0.2) is 5.78 Å². The maximum atomic E-state index is 12.4. The first-order valence-electron chi connectivity index (χ1n) is 6.94. The minimum atomic E-state index is -0.489. The Bertz CT molecular complexity index is 751. The van der Waals surface area contributed by atoms with Crippen LogP contribution in [0.1, 0.15) is 12.5 Å². The zero-order valence-electron chi connectivity index (χ0n) is 12.8. The zero-order chi connectivity index (χ0) is 16.8. The normalized spacial score (nSPS) is 11.0. The number of Topliss-reactive ketones (excluding diaryl/α,β-unsaturated/α-hetero) is 1. The van der Waals surface area contributed by atoms with Crippen LogP contribution in [0, 0.1) is 0 Å². The van der Waals surface area contributed by atoms with Crippen molar-refractivity contribution in [2.24, 2.45) is 0 Å². The number of carbonyl (C=O) groups excluding carboxylic acids is 2. The van der Waals surface area contributed by atoms with Crippen LogP contribution in [0.3, 0.4) is 0 Å². The number of anilines is 1. The lowest BCUT2D eigenvalue weighted by atomic mass is 10.1. The summed E-state index contributed by atoms with van der Waals surface area (Å²) >= 11 is 5.83. The van der Waals surface area contributed by atoms with E-state index in [1.807, 2.05) is 0 Å². The van der Waals surface area contributed by atoms with E-state index in [-0.39, 0.29) is 11.4 Å². The molecule has 0 aliphatic heterocycles. The Morgan fingerprint density at radius 1 is 1.09 bits per heavy atom. The molecule has 2 rings (SSSR count). The number of rotatable bonds is 5. The average Bonchev–Trinajstić information content (AvgIpc) is 2.54. The Hall–Kier alpha value is -2.59. The van der Waals surface area contributed by atoms with Crippen LogP contribution in [-0.4, -0.2) is 18.8 Å². The molecule has 0 unspecified atom stereocenters. The van der Waals surface area contributed by atoms with Crippen molar-refractivity contribution in [1.82, 2.24) is 0 Å². The van der Waals surface area contributed by atoms with Gasteiger partial charge in [0.1, 0.15) is 5.75 Å². The SMILES string of the molecule is COc1ccccc1NC(=O)C(=Cc1ccc(Cl)cc1)C(C)=O. The second-order valence-corrected chi connectivity index (χ2v) is 5.26. The van der Waals surface area contributed by atoms with Gasteiger partial charge in [-0.1, -0.05) is 35.9 Å². The molecule has 0 fully saturated rings. The number of benzene rings is 2. The van der Waals surface area contributed by atoms with Crippen molar-refractivity contribution in [2.75, 3.05) is 12.4 Å². The quantitative estimate of drug-likeness (QED) is 0.513. The number of hydrogen-bond acceptors (Lipinski definition) is 3. The van der Waals surface area contributed by atoms with Crippen molar-refractivity contribution in [3.8, 4) is 5.75 Å². The van der Waals surface area contributed by atoms with Crippen molar-refractivity contribution < 1.29 is 14.3 Å². The molecule has 0 spiro atoms. The molecule has 0 saturated heterocycles. The van der Waals surface area contributed by atoms with Gasteiger partial charge in [-0.25, -0.2) is 0 Å². The summed E-state index contributed by atoms with van der Waals surface area (Å²) in [6, 6.07) is 13.9. The number of methoxy groups -OCH3 is 1. The summed E-state index contributed by atoms with van der Waals surface area (Å²) in [5.74, 6) is -0.292. The van der Waals surface area contributed by atoms with Crippen molar-refractivity contribution in [3.63, 3.8) is 0 Å². The lowest BCUT2D eigenvalue weighted by Crippen LogP contribution is -2.19. The van der Waals surface area contributed by atoms with Crippen molar-refractivity contribution in [1.29, 1.82) is 0 Å². The van der Waals surface area contributed by atoms with Crippen LogP contribution in [0.25, 0.3) is 6.08 Å². The third-order valence-electron chi connectivity index (χ3n) is 3.16. The number of ketones is 1. The molecule has 0 bridgehead atoms. The highest BCUT2D eigenvalue weighted by molar-refractivity contribution is 6.30. The van der Waals surface area contributed by atoms with Gasteiger partial charge in [-0.3, -0.25) is 9.59 Å². The molecule has 5 heteroatoms. The zero-order valence-corrected chi connectivity index (χ0v) is 13.6. The fourth-order valence-electron chi connectivity index (χ4n) is 1.99. The minimum absolute atomic E-state index is 0.0539.